The first-order valence-corrected chi connectivity index (χ1v) is 10.8. The summed E-state index contributed by atoms with van der Waals surface area (Å²) >= 11 is 1.60. The molecule has 8 nitrogen and oxygen atoms in total. The first-order chi connectivity index (χ1) is 15.2. The quantitative estimate of drug-likeness (QED) is 0.170. The Morgan fingerprint density at radius 3 is 2.77 bits per heavy atom. The van der Waals surface area contributed by atoms with Crippen LogP contribution in [0.2, 0.25) is 0 Å². The van der Waals surface area contributed by atoms with Crippen molar-refractivity contribution >= 4 is 34.8 Å². The van der Waals surface area contributed by atoms with E-state index in [4.69, 9.17) is 5.11 Å². The highest BCUT2D eigenvalue weighted by molar-refractivity contribution is 7.99. The van der Waals surface area contributed by atoms with E-state index in [0.717, 1.165) is 27.7 Å². The normalized spacial score (nSPS) is 11.4. The standard InChI is InChI=1S/C22H22N6O2S/c1-15-17(14-23-26-20-21(30)25-19-11-6-5-10-18(19)24-20)22(31-13-7-12-29)28(27-15)16-8-3-2-4-9-16/h2-6,8-11,14,29H,7,12-13H2,1H3,(H,24,26)(H,25,30)/b23-14+. The highest BCUT2D eigenvalue weighted by Crippen LogP contribution is 2.28. The van der Waals surface area contributed by atoms with E-state index in [0.29, 0.717) is 17.5 Å². The van der Waals surface area contributed by atoms with Gasteiger partial charge in [0.15, 0.2) is 0 Å². The Hall–Kier alpha value is -3.43. The van der Waals surface area contributed by atoms with Crippen LogP contribution >= 0.6 is 11.8 Å². The molecule has 0 amide bonds. The van der Waals surface area contributed by atoms with Crippen molar-refractivity contribution in [2.24, 2.45) is 5.10 Å². The summed E-state index contributed by atoms with van der Waals surface area (Å²) in [6.07, 6.45) is 2.33. The van der Waals surface area contributed by atoms with Gasteiger partial charge in [-0.15, -0.1) is 11.8 Å². The van der Waals surface area contributed by atoms with Gasteiger partial charge in [-0.05, 0) is 37.6 Å². The van der Waals surface area contributed by atoms with Crippen molar-refractivity contribution in [1.29, 1.82) is 0 Å². The van der Waals surface area contributed by atoms with Crippen LogP contribution in [0.5, 0.6) is 0 Å². The summed E-state index contributed by atoms with van der Waals surface area (Å²) in [5.74, 6) is 0.867. The number of aromatic nitrogens is 4. The van der Waals surface area contributed by atoms with Crippen molar-refractivity contribution < 1.29 is 5.11 Å². The van der Waals surface area contributed by atoms with E-state index < -0.39 is 0 Å². The highest BCUT2D eigenvalue weighted by Gasteiger charge is 2.16. The molecule has 4 rings (SSSR count). The molecule has 3 N–H and O–H groups in total. The van der Waals surface area contributed by atoms with Crippen LogP contribution in [-0.4, -0.2) is 43.4 Å². The first-order valence-electron chi connectivity index (χ1n) is 9.84. The smallest absolute Gasteiger partial charge is 0.293 e. The third-order valence-electron chi connectivity index (χ3n) is 4.57. The van der Waals surface area contributed by atoms with Crippen molar-refractivity contribution in [1.82, 2.24) is 19.7 Å². The molecule has 158 valence electrons. The van der Waals surface area contributed by atoms with Crippen LogP contribution in [0.15, 0.2) is 69.5 Å². The minimum atomic E-state index is -0.343. The van der Waals surface area contributed by atoms with Crippen LogP contribution in [0, 0.1) is 6.92 Å². The zero-order valence-electron chi connectivity index (χ0n) is 16.9. The molecule has 0 aliphatic heterocycles. The molecule has 0 radical (unpaired) electrons. The minimum Gasteiger partial charge on any atom is -0.396 e. The van der Waals surface area contributed by atoms with E-state index in [-0.39, 0.29) is 18.0 Å². The number of rotatable bonds is 8. The lowest BCUT2D eigenvalue weighted by molar-refractivity contribution is 0.296. The second-order valence-electron chi connectivity index (χ2n) is 6.78. The van der Waals surface area contributed by atoms with Crippen LogP contribution in [-0.2, 0) is 0 Å². The number of hydrazone groups is 1. The fourth-order valence-corrected chi connectivity index (χ4v) is 4.14. The SMILES string of the molecule is Cc1nn(-c2ccccc2)c(SCCCO)c1/C=N/Nc1nc2ccccc2[nH]c1=O. The number of para-hydroxylation sites is 3. The lowest BCUT2D eigenvalue weighted by atomic mass is 10.3. The zero-order valence-corrected chi connectivity index (χ0v) is 17.8. The molecule has 0 saturated heterocycles. The summed E-state index contributed by atoms with van der Waals surface area (Å²) in [7, 11) is 0. The second-order valence-corrected chi connectivity index (χ2v) is 7.86. The van der Waals surface area contributed by atoms with E-state index in [1.54, 1.807) is 24.0 Å². The van der Waals surface area contributed by atoms with Gasteiger partial charge in [0.25, 0.3) is 5.56 Å². The average Bonchev–Trinajstić information content (AvgIpc) is 3.10. The minimum absolute atomic E-state index is 0.123. The molecular formula is C22H22N6O2S. The molecular weight excluding hydrogens is 412 g/mol. The number of hydrogen-bond acceptors (Lipinski definition) is 7. The van der Waals surface area contributed by atoms with Crippen LogP contribution in [0.3, 0.4) is 0 Å². The number of H-pyrrole nitrogens is 1. The van der Waals surface area contributed by atoms with Crippen molar-refractivity contribution in [2.45, 2.75) is 18.4 Å². The summed E-state index contributed by atoms with van der Waals surface area (Å²) in [5, 5.41) is 19.0. The van der Waals surface area contributed by atoms with E-state index in [1.165, 1.54) is 0 Å². The fourth-order valence-electron chi connectivity index (χ4n) is 3.05. The van der Waals surface area contributed by atoms with Gasteiger partial charge in [-0.2, -0.15) is 10.2 Å². The lowest BCUT2D eigenvalue weighted by Crippen LogP contribution is -2.13. The predicted molar refractivity (Wildman–Crippen MR) is 124 cm³/mol. The maximum absolute atomic E-state index is 12.3. The van der Waals surface area contributed by atoms with Gasteiger partial charge < -0.3 is 10.1 Å². The van der Waals surface area contributed by atoms with Crippen LogP contribution in [0.25, 0.3) is 16.7 Å². The molecule has 0 aliphatic carbocycles. The van der Waals surface area contributed by atoms with Gasteiger partial charge in [0.2, 0.25) is 5.82 Å². The molecule has 0 spiro atoms. The molecule has 9 heteroatoms. The number of anilines is 1. The van der Waals surface area contributed by atoms with Crippen LogP contribution in [0.4, 0.5) is 5.82 Å². The third kappa shape index (κ3) is 4.68. The number of benzene rings is 2. The largest absolute Gasteiger partial charge is 0.396 e. The average molecular weight is 435 g/mol. The Morgan fingerprint density at radius 2 is 1.97 bits per heavy atom. The monoisotopic (exact) mass is 434 g/mol. The van der Waals surface area contributed by atoms with Gasteiger partial charge in [-0.3, -0.25) is 10.2 Å². The number of nitrogens with one attached hydrogen (secondary N) is 2. The topological polar surface area (TPSA) is 108 Å². The summed E-state index contributed by atoms with van der Waals surface area (Å²) in [6.45, 7) is 2.05. The van der Waals surface area contributed by atoms with Gasteiger partial charge in [0, 0.05) is 17.9 Å². The Kier molecular flexibility index (Phi) is 6.44. The Bertz CT molecular complexity index is 1270. The Labute approximate surface area is 183 Å². The number of fused-ring (bicyclic) bond motifs is 1. The maximum atomic E-state index is 12.3. The van der Waals surface area contributed by atoms with Crippen molar-refractivity contribution in [3.8, 4) is 5.69 Å². The molecule has 2 heterocycles. The zero-order chi connectivity index (χ0) is 21.6. The second kappa shape index (κ2) is 9.59. The molecule has 0 saturated carbocycles. The van der Waals surface area contributed by atoms with E-state index in [1.807, 2.05) is 60.1 Å². The Balaban J connectivity index is 1.64. The number of thioether (sulfide) groups is 1. The number of hydrogen-bond donors (Lipinski definition) is 3. The first kappa shape index (κ1) is 20.8. The fraction of sp³-hybridized carbons (Fsp3) is 0.182. The number of aliphatic hydroxyl groups is 1. The van der Waals surface area contributed by atoms with E-state index in [2.05, 4.69) is 25.6 Å². The summed E-state index contributed by atoms with van der Waals surface area (Å²) in [6, 6.07) is 17.2. The van der Waals surface area contributed by atoms with E-state index >= 15 is 0 Å². The number of aromatic amines is 1. The summed E-state index contributed by atoms with van der Waals surface area (Å²) in [5.41, 5.74) is 6.35. The molecule has 0 aliphatic rings. The number of aliphatic hydroxyl groups excluding tert-OH is 1. The molecule has 0 unspecified atom stereocenters. The molecule has 2 aromatic carbocycles. The van der Waals surface area contributed by atoms with Crippen molar-refractivity contribution in [2.75, 3.05) is 17.8 Å². The molecule has 2 aromatic heterocycles. The van der Waals surface area contributed by atoms with Crippen molar-refractivity contribution in [3.63, 3.8) is 0 Å². The molecule has 0 bridgehead atoms. The maximum Gasteiger partial charge on any atom is 0.293 e. The number of nitrogens with zero attached hydrogens (tertiary/aromatic N) is 4. The van der Waals surface area contributed by atoms with Crippen molar-refractivity contribution in [3.05, 3.63) is 76.2 Å². The predicted octanol–water partition coefficient (Wildman–Crippen LogP) is 3.34. The summed E-state index contributed by atoms with van der Waals surface area (Å²) in [4.78, 5) is 19.4. The third-order valence-corrected chi connectivity index (χ3v) is 5.73. The Morgan fingerprint density at radius 1 is 1.19 bits per heavy atom. The van der Waals surface area contributed by atoms with Gasteiger partial charge in [0.1, 0.15) is 5.03 Å². The molecule has 31 heavy (non-hydrogen) atoms. The molecule has 0 fully saturated rings. The van der Waals surface area contributed by atoms with E-state index in [9.17, 15) is 4.79 Å². The molecule has 0 atom stereocenters. The van der Waals surface area contributed by atoms with Gasteiger partial charge in [0.05, 0.1) is 28.6 Å². The highest BCUT2D eigenvalue weighted by atomic mass is 32.2. The van der Waals surface area contributed by atoms with Gasteiger partial charge in [-0.1, -0.05) is 30.3 Å². The molecule has 4 aromatic rings. The van der Waals surface area contributed by atoms with Gasteiger partial charge in [-0.25, -0.2) is 9.67 Å². The number of aryl methyl sites for hydroxylation is 1. The van der Waals surface area contributed by atoms with Crippen LogP contribution < -0.4 is 11.0 Å². The van der Waals surface area contributed by atoms with Crippen LogP contribution in [0.1, 0.15) is 17.7 Å². The lowest BCUT2D eigenvalue weighted by Gasteiger charge is -2.07. The summed E-state index contributed by atoms with van der Waals surface area (Å²) < 4.78 is 1.87. The van der Waals surface area contributed by atoms with Gasteiger partial charge >= 0.3 is 0 Å².